The normalized spacial score (nSPS) is 26.6. The Kier molecular flexibility index (Phi) is 5.98. The Morgan fingerprint density at radius 1 is 1.39 bits per heavy atom. The molecular formula is C17H23ClF2N2O. The van der Waals surface area contributed by atoms with Crippen molar-refractivity contribution in [1.82, 2.24) is 10.2 Å². The Bertz CT molecular complexity index is 568. The van der Waals surface area contributed by atoms with Crippen LogP contribution in [0.25, 0.3) is 0 Å². The lowest BCUT2D eigenvalue weighted by molar-refractivity contribution is -0.134. The zero-order valence-corrected chi connectivity index (χ0v) is 14.0. The topological polar surface area (TPSA) is 32.3 Å². The molecule has 3 nitrogen and oxygen atoms in total. The van der Waals surface area contributed by atoms with E-state index in [1.54, 1.807) is 0 Å². The van der Waals surface area contributed by atoms with E-state index < -0.39 is 11.6 Å². The van der Waals surface area contributed by atoms with E-state index in [1.807, 2.05) is 11.9 Å². The summed E-state index contributed by atoms with van der Waals surface area (Å²) in [6, 6.07) is 3.49. The van der Waals surface area contributed by atoms with Gasteiger partial charge < -0.3 is 10.2 Å². The second-order valence-corrected chi connectivity index (χ2v) is 6.46. The van der Waals surface area contributed by atoms with Gasteiger partial charge in [-0.15, -0.1) is 12.4 Å². The van der Waals surface area contributed by atoms with Gasteiger partial charge in [0.05, 0.1) is 0 Å². The summed E-state index contributed by atoms with van der Waals surface area (Å²) in [4.78, 5) is 14.5. The molecule has 1 aliphatic heterocycles. The van der Waals surface area contributed by atoms with Gasteiger partial charge in [0.2, 0.25) is 5.91 Å². The fourth-order valence-corrected chi connectivity index (χ4v) is 3.57. The van der Waals surface area contributed by atoms with Crippen LogP contribution in [0.2, 0.25) is 0 Å². The number of hydrogen-bond donors (Lipinski definition) is 1. The number of halogens is 3. The van der Waals surface area contributed by atoms with Crippen molar-refractivity contribution < 1.29 is 13.6 Å². The van der Waals surface area contributed by atoms with Crippen molar-refractivity contribution in [2.24, 2.45) is 11.8 Å². The summed E-state index contributed by atoms with van der Waals surface area (Å²) in [6.45, 7) is 2.47. The molecule has 1 aromatic rings. The SMILES string of the molecule is CNCC1CCCN(C(=O)C2CC2c2cc(F)ccc2F)C1.Cl. The summed E-state index contributed by atoms with van der Waals surface area (Å²) < 4.78 is 27.1. The highest BCUT2D eigenvalue weighted by Gasteiger charge is 2.47. The highest BCUT2D eigenvalue weighted by molar-refractivity contribution is 5.85. The van der Waals surface area contributed by atoms with Crippen LogP contribution < -0.4 is 5.32 Å². The van der Waals surface area contributed by atoms with Crippen LogP contribution in [0.15, 0.2) is 18.2 Å². The molecule has 2 aliphatic rings. The Balaban J connectivity index is 0.00000192. The first-order valence-electron chi connectivity index (χ1n) is 7.98. The Morgan fingerprint density at radius 3 is 2.91 bits per heavy atom. The third kappa shape index (κ3) is 4.01. The summed E-state index contributed by atoms with van der Waals surface area (Å²) in [5.74, 6) is -0.590. The fourth-order valence-electron chi connectivity index (χ4n) is 3.57. The van der Waals surface area contributed by atoms with Crippen LogP contribution >= 0.6 is 12.4 Å². The Labute approximate surface area is 141 Å². The molecule has 6 heteroatoms. The van der Waals surface area contributed by atoms with E-state index in [2.05, 4.69) is 5.32 Å². The summed E-state index contributed by atoms with van der Waals surface area (Å²) in [5, 5.41) is 3.16. The summed E-state index contributed by atoms with van der Waals surface area (Å²) in [7, 11) is 1.92. The maximum Gasteiger partial charge on any atom is 0.226 e. The molecule has 1 amide bonds. The van der Waals surface area contributed by atoms with Crippen LogP contribution in [0.5, 0.6) is 0 Å². The Hall–Kier alpha value is -1.20. The minimum absolute atomic E-state index is 0. The first-order chi connectivity index (χ1) is 10.6. The largest absolute Gasteiger partial charge is 0.342 e. The maximum atomic E-state index is 13.8. The van der Waals surface area contributed by atoms with Gasteiger partial charge >= 0.3 is 0 Å². The third-order valence-electron chi connectivity index (χ3n) is 4.79. The van der Waals surface area contributed by atoms with Gasteiger partial charge in [-0.1, -0.05) is 0 Å². The minimum Gasteiger partial charge on any atom is -0.342 e. The van der Waals surface area contributed by atoms with Gasteiger partial charge in [0.15, 0.2) is 0 Å². The average Bonchev–Trinajstić information content (AvgIpc) is 3.30. The zero-order chi connectivity index (χ0) is 15.7. The second-order valence-electron chi connectivity index (χ2n) is 6.46. The van der Waals surface area contributed by atoms with Crippen molar-refractivity contribution in [3.63, 3.8) is 0 Å². The van der Waals surface area contributed by atoms with Crippen molar-refractivity contribution in [2.45, 2.75) is 25.2 Å². The molecule has 3 unspecified atom stereocenters. The monoisotopic (exact) mass is 344 g/mol. The predicted molar refractivity (Wildman–Crippen MR) is 87.7 cm³/mol. The number of piperidine rings is 1. The molecule has 0 radical (unpaired) electrons. The number of hydrogen-bond acceptors (Lipinski definition) is 2. The van der Waals surface area contributed by atoms with Gasteiger partial charge in [-0.05, 0) is 68.5 Å². The number of carbonyl (C=O) groups is 1. The molecule has 1 saturated carbocycles. The van der Waals surface area contributed by atoms with Crippen molar-refractivity contribution in [3.05, 3.63) is 35.4 Å². The summed E-state index contributed by atoms with van der Waals surface area (Å²) in [6.07, 6.45) is 2.79. The Morgan fingerprint density at radius 2 is 2.17 bits per heavy atom. The zero-order valence-electron chi connectivity index (χ0n) is 13.2. The van der Waals surface area contributed by atoms with E-state index in [4.69, 9.17) is 0 Å². The molecule has 128 valence electrons. The van der Waals surface area contributed by atoms with Crippen LogP contribution in [0.3, 0.4) is 0 Å². The van der Waals surface area contributed by atoms with Crippen LogP contribution in [0.1, 0.15) is 30.7 Å². The van der Waals surface area contributed by atoms with Crippen molar-refractivity contribution in [3.8, 4) is 0 Å². The molecule has 23 heavy (non-hydrogen) atoms. The highest BCUT2D eigenvalue weighted by atomic mass is 35.5. The smallest absolute Gasteiger partial charge is 0.226 e. The van der Waals surface area contributed by atoms with Gasteiger partial charge in [-0.25, -0.2) is 8.78 Å². The quantitative estimate of drug-likeness (QED) is 0.910. The average molecular weight is 345 g/mol. The van der Waals surface area contributed by atoms with Gasteiger partial charge in [-0.3, -0.25) is 4.79 Å². The molecule has 0 aromatic heterocycles. The van der Waals surface area contributed by atoms with Gasteiger partial charge in [0.1, 0.15) is 11.6 Å². The number of benzene rings is 1. The number of amides is 1. The summed E-state index contributed by atoms with van der Waals surface area (Å²) in [5.41, 5.74) is 0.349. The standard InChI is InChI=1S/C17H22F2N2O.ClH/c1-20-9-11-3-2-6-21(10-11)17(22)15-8-13(15)14-7-12(18)4-5-16(14)19;/h4-5,7,11,13,15,20H,2-3,6,8-10H2,1H3;1H. The number of rotatable bonds is 4. The first kappa shape index (κ1) is 18.1. The van der Waals surface area contributed by atoms with Gasteiger partial charge in [0.25, 0.3) is 0 Å². The van der Waals surface area contributed by atoms with E-state index in [-0.39, 0.29) is 30.2 Å². The first-order valence-corrected chi connectivity index (χ1v) is 7.98. The van der Waals surface area contributed by atoms with Crippen LogP contribution in [0, 0.1) is 23.5 Å². The van der Waals surface area contributed by atoms with E-state index in [0.29, 0.717) is 17.9 Å². The lowest BCUT2D eigenvalue weighted by Crippen LogP contribution is -2.43. The molecule has 1 heterocycles. The molecule has 0 bridgehead atoms. The van der Waals surface area contributed by atoms with Crippen molar-refractivity contribution >= 4 is 18.3 Å². The van der Waals surface area contributed by atoms with E-state index >= 15 is 0 Å². The lowest BCUT2D eigenvalue weighted by atomic mass is 9.97. The van der Waals surface area contributed by atoms with E-state index in [0.717, 1.165) is 44.6 Å². The number of likely N-dealkylation sites (tertiary alicyclic amines) is 1. The number of nitrogens with one attached hydrogen (secondary N) is 1. The molecule has 2 fully saturated rings. The highest BCUT2D eigenvalue weighted by Crippen LogP contribution is 2.49. The fraction of sp³-hybridized carbons (Fsp3) is 0.588. The van der Waals surface area contributed by atoms with E-state index in [9.17, 15) is 13.6 Å². The second kappa shape index (κ2) is 7.58. The molecule has 3 atom stereocenters. The third-order valence-corrected chi connectivity index (χ3v) is 4.79. The molecule has 1 N–H and O–H groups in total. The minimum atomic E-state index is -0.443. The van der Waals surface area contributed by atoms with Crippen LogP contribution in [-0.4, -0.2) is 37.5 Å². The van der Waals surface area contributed by atoms with Crippen LogP contribution in [-0.2, 0) is 4.79 Å². The summed E-state index contributed by atoms with van der Waals surface area (Å²) >= 11 is 0. The molecular weight excluding hydrogens is 322 g/mol. The van der Waals surface area contributed by atoms with E-state index in [1.165, 1.54) is 6.07 Å². The van der Waals surface area contributed by atoms with Crippen molar-refractivity contribution in [2.75, 3.05) is 26.7 Å². The maximum absolute atomic E-state index is 13.8. The lowest BCUT2D eigenvalue weighted by Gasteiger charge is -2.33. The van der Waals surface area contributed by atoms with Gasteiger partial charge in [-0.2, -0.15) is 0 Å². The molecule has 1 saturated heterocycles. The number of carbonyl (C=O) groups excluding carboxylic acids is 1. The molecule has 0 spiro atoms. The molecule has 1 aromatic carbocycles. The van der Waals surface area contributed by atoms with Crippen molar-refractivity contribution in [1.29, 1.82) is 0 Å². The molecule has 1 aliphatic carbocycles. The van der Waals surface area contributed by atoms with Gasteiger partial charge in [0, 0.05) is 19.0 Å². The number of nitrogens with zero attached hydrogens (tertiary/aromatic N) is 1. The molecule has 3 rings (SSSR count). The predicted octanol–water partition coefficient (Wildman–Crippen LogP) is 2.95. The van der Waals surface area contributed by atoms with Crippen LogP contribution in [0.4, 0.5) is 8.78 Å².